The van der Waals surface area contributed by atoms with Crippen molar-refractivity contribution in [3.8, 4) is 0 Å². The third-order valence-corrected chi connectivity index (χ3v) is 0.849. The van der Waals surface area contributed by atoms with Gasteiger partial charge in [0.1, 0.15) is 0 Å². The van der Waals surface area contributed by atoms with Crippen molar-refractivity contribution in [3.63, 3.8) is 0 Å². The molecular weight excluding hydrogens is 109 g/mol. The molecule has 0 heterocycles. The first-order valence-corrected chi connectivity index (χ1v) is 2.52. The van der Waals surface area contributed by atoms with E-state index in [2.05, 4.69) is 0 Å². The Labute approximate surface area is 47.9 Å². The van der Waals surface area contributed by atoms with Gasteiger partial charge in [-0.15, -0.1) is 0 Å². The Kier molecular flexibility index (Phi) is 3.35. The minimum atomic E-state index is -0.597. The van der Waals surface area contributed by atoms with E-state index >= 15 is 0 Å². The lowest BCUT2D eigenvalue weighted by Crippen LogP contribution is -2.26. The highest BCUT2D eigenvalue weighted by Crippen LogP contribution is 1.87. The lowest BCUT2D eigenvalue weighted by atomic mass is 10.2. The molecule has 0 aliphatic carbocycles. The highest BCUT2D eigenvalue weighted by atomic mass is 19.1. The number of carbonyl (C=O) groups is 1. The molecule has 1 unspecified atom stereocenters. The van der Waals surface area contributed by atoms with Crippen molar-refractivity contribution in [2.75, 3.05) is 6.67 Å². The first-order valence-electron chi connectivity index (χ1n) is 2.52. The Morgan fingerprint density at radius 2 is 2.38 bits per heavy atom. The van der Waals surface area contributed by atoms with Crippen LogP contribution in [0.1, 0.15) is 13.3 Å². The summed E-state index contributed by atoms with van der Waals surface area (Å²) in [6.45, 7) is 0.957. The topological polar surface area (TPSA) is 43.1 Å². The van der Waals surface area contributed by atoms with E-state index in [1.54, 1.807) is 6.92 Å². The highest BCUT2D eigenvalue weighted by molar-refractivity contribution is 5.83. The van der Waals surface area contributed by atoms with Crippen LogP contribution in [0, 0.1) is 0 Å². The summed E-state index contributed by atoms with van der Waals surface area (Å²) in [5.41, 5.74) is 5.11. The summed E-state index contributed by atoms with van der Waals surface area (Å²) < 4.78 is 11.3. The van der Waals surface area contributed by atoms with Gasteiger partial charge in [-0.1, -0.05) is 0 Å². The molecule has 3 heteroatoms. The second-order valence-electron chi connectivity index (χ2n) is 1.69. The Morgan fingerprint density at radius 3 is 2.50 bits per heavy atom. The van der Waals surface area contributed by atoms with Gasteiger partial charge in [0.05, 0.1) is 12.7 Å². The number of hydrogen-bond acceptors (Lipinski definition) is 2. The Hall–Kier alpha value is -0.440. The fourth-order valence-electron chi connectivity index (χ4n) is 0.321. The van der Waals surface area contributed by atoms with E-state index in [9.17, 15) is 9.18 Å². The Balaban J connectivity index is 3.33. The molecule has 0 aliphatic rings. The molecule has 0 aromatic rings. The minimum absolute atomic E-state index is 0.0440. The van der Waals surface area contributed by atoms with Crippen LogP contribution in [0.15, 0.2) is 0 Å². The van der Waals surface area contributed by atoms with Gasteiger partial charge in [-0.25, -0.2) is 0 Å². The summed E-state index contributed by atoms with van der Waals surface area (Å²) in [5.74, 6) is -0.215. The van der Waals surface area contributed by atoms with Crippen molar-refractivity contribution >= 4 is 5.78 Å². The van der Waals surface area contributed by atoms with Gasteiger partial charge in [-0.2, -0.15) is 0 Å². The van der Waals surface area contributed by atoms with Gasteiger partial charge in [0, 0.05) is 6.42 Å². The molecule has 0 aliphatic heterocycles. The van der Waals surface area contributed by atoms with E-state index in [-0.39, 0.29) is 12.2 Å². The van der Waals surface area contributed by atoms with Crippen LogP contribution in [0.5, 0.6) is 0 Å². The number of nitrogens with two attached hydrogens (primary N) is 1. The van der Waals surface area contributed by atoms with E-state index in [0.717, 1.165) is 0 Å². The molecule has 0 radical (unpaired) electrons. The smallest absolute Gasteiger partial charge is 0.151 e. The van der Waals surface area contributed by atoms with Crippen molar-refractivity contribution in [1.82, 2.24) is 0 Å². The van der Waals surface area contributed by atoms with Crippen LogP contribution in [0.4, 0.5) is 4.39 Å². The van der Waals surface area contributed by atoms with Crippen molar-refractivity contribution in [2.45, 2.75) is 19.4 Å². The predicted molar refractivity (Wildman–Crippen MR) is 29.2 cm³/mol. The largest absolute Gasteiger partial charge is 0.322 e. The lowest BCUT2D eigenvalue weighted by molar-refractivity contribution is -0.120. The highest BCUT2D eigenvalue weighted by Gasteiger charge is 2.04. The molecule has 1 atom stereocenters. The maximum atomic E-state index is 11.3. The first-order chi connectivity index (χ1) is 3.68. The molecule has 0 bridgehead atoms. The van der Waals surface area contributed by atoms with E-state index in [1.165, 1.54) is 0 Å². The molecule has 8 heavy (non-hydrogen) atoms. The van der Waals surface area contributed by atoms with Gasteiger partial charge >= 0.3 is 0 Å². The van der Waals surface area contributed by atoms with E-state index in [4.69, 9.17) is 5.73 Å². The number of hydrogen-bond donors (Lipinski definition) is 1. The Bertz CT molecular complexity index is 82.5. The maximum Gasteiger partial charge on any atom is 0.151 e. The molecule has 0 aromatic heterocycles. The molecule has 0 amide bonds. The normalized spacial score (nSPS) is 13.4. The number of rotatable bonds is 3. The van der Waals surface area contributed by atoms with Crippen LogP contribution < -0.4 is 5.73 Å². The lowest BCUT2D eigenvalue weighted by Gasteiger charge is -1.98. The van der Waals surface area contributed by atoms with Crippen LogP contribution in [-0.2, 0) is 4.79 Å². The fourth-order valence-corrected chi connectivity index (χ4v) is 0.321. The number of carbonyl (C=O) groups excluding carboxylic acids is 1. The molecule has 0 fully saturated rings. The third kappa shape index (κ3) is 2.69. The average molecular weight is 119 g/mol. The summed E-state index contributed by atoms with van der Waals surface area (Å²) in [4.78, 5) is 10.4. The van der Waals surface area contributed by atoms with Crippen LogP contribution in [-0.4, -0.2) is 18.5 Å². The van der Waals surface area contributed by atoms with E-state index < -0.39 is 12.7 Å². The van der Waals surface area contributed by atoms with Gasteiger partial charge in [0.15, 0.2) is 5.78 Å². The zero-order valence-electron chi connectivity index (χ0n) is 4.86. The van der Waals surface area contributed by atoms with Crippen molar-refractivity contribution < 1.29 is 9.18 Å². The third-order valence-electron chi connectivity index (χ3n) is 0.849. The second-order valence-corrected chi connectivity index (χ2v) is 1.69. The number of ketones is 1. The number of Topliss-reactive ketones (excluding diaryl/α,β-unsaturated/α-hetero) is 1. The quantitative estimate of drug-likeness (QED) is 0.579. The van der Waals surface area contributed by atoms with Crippen LogP contribution in [0.2, 0.25) is 0 Å². The minimum Gasteiger partial charge on any atom is -0.322 e. The van der Waals surface area contributed by atoms with Crippen LogP contribution >= 0.6 is 0 Å². The summed E-state index contributed by atoms with van der Waals surface area (Å²) in [6, 6.07) is -0.509. The molecule has 0 saturated heterocycles. The van der Waals surface area contributed by atoms with Gasteiger partial charge in [0.25, 0.3) is 0 Å². The second kappa shape index (κ2) is 3.55. The van der Waals surface area contributed by atoms with Crippen molar-refractivity contribution in [1.29, 1.82) is 0 Å². The summed E-state index contributed by atoms with van der Waals surface area (Å²) in [7, 11) is 0. The van der Waals surface area contributed by atoms with E-state index in [0.29, 0.717) is 0 Å². The zero-order chi connectivity index (χ0) is 6.57. The Morgan fingerprint density at radius 1 is 1.88 bits per heavy atom. The number of alkyl halides is 1. The monoisotopic (exact) mass is 119 g/mol. The molecule has 0 saturated carbocycles. The molecular formula is C5H10FNO. The molecule has 2 N–H and O–H groups in total. The molecule has 0 rings (SSSR count). The first kappa shape index (κ1) is 7.56. The molecule has 2 nitrogen and oxygen atoms in total. The number of halogens is 1. The van der Waals surface area contributed by atoms with Crippen molar-refractivity contribution in [2.24, 2.45) is 5.73 Å². The standard InChI is InChI=1S/C5H10FNO/c1-4(7)5(8)2-3-6/h4H,2-3,7H2,1H3. The van der Waals surface area contributed by atoms with Gasteiger partial charge < -0.3 is 5.73 Å². The van der Waals surface area contributed by atoms with Gasteiger partial charge in [0.2, 0.25) is 0 Å². The average Bonchev–Trinajstić information content (AvgIpc) is 1.67. The zero-order valence-corrected chi connectivity index (χ0v) is 4.86. The van der Waals surface area contributed by atoms with Gasteiger partial charge in [-0.05, 0) is 6.92 Å². The maximum absolute atomic E-state index is 11.3. The molecule has 48 valence electrons. The fraction of sp³-hybridized carbons (Fsp3) is 0.800. The predicted octanol–water partition coefficient (Wildman–Crippen LogP) is 0.262. The van der Waals surface area contributed by atoms with Crippen molar-refractivity contribution in [3.05, 3.63) is 0 Å². The van der Waals surface area contributed by atoms with Crippen LogP contribution in [0.25, 0.3) is 0 Å². The SMILES string of the molecule is CC(N)C(=O)CCF. The molecule has 0 spiro atoms. The van der Waals surface area contributed by atoms with Gasteiger partial charge in [-0.3, -0.25) is 9.18 Å². The van der Waals surface area contributed by atoms with E-state index in [1.807, 2.05) is 0 Å². The summed E-state index contributed by atoms with van der Waals surface area (Å²) >= 11 is 0. The summed E-state index contributed by atoms with van der Waals surface area (Å²) in [6.07, 6.45) is -0.0440. The van der Waals surface area contributed by atoms with Crippen LogP contribution in [0.3, 0.4) is 0 Å². The molecule has 0 aromatic carbocycles. The summed E-state index contributed by atoms with van der Waals surface area (Å²) in [5, 5.41) is 0.